The molecule has 5 nitrogen and oxygen atoms in total. The summed E-state index contributed by atoms with van der Waals surface area (Å²) in [5.41, 5.74) is 2.82. The number of benzene rings is 1. The Morgan fingerprint density at radius 3 is 2.77 bits per heavy atom. The van der Waals surface area contributed by atoms with Crippen molar-refractivity contribution in [3.8, 4) is 0 Å². The fraction of sp³-hybridized carbons (Fsp3) is 0.188. The van der Waals surface area contributed by atoms with Gasteiger partial charge < -0.3 is 0 Å². The first-order chi connectivity index (χ1) is 10.6. The molecule has 0 saturated carbocycles. The highest BCUT2D eigenvalue weighted by Crippen LogP contribution is 2.26. The molecule has 6 heteroatoms. The molecule has 4 aromatic rings. The van der Waals surface area contributed by atoms with Gasteiger partial charge in [0.25, 0.3) is 5.56 Å². The molecule has 4 rings (SSSR count). The maximum Gasteiger partial charge on any atom is 0.285 e. The highest BCUT2D eigenvalue weighted by atomic mass is 32.1. The molecule has 0 saturated heterocycles. The molecular weight excluding hydrogens is 296 g/mol. The molecule has 0 N–H and O–H groups in total. The summed E-state index contributed by atoms with van der Waals surface area (Å²) in [7, 11) is 1.82. The first kappa shape index (κ1) is 13.2. The number of hydrogen-bond donors (Lipinski definition) is 0. The van der Waals surface area contributed by atoms with Crippen LogP contribution in [0.3, 0.4) is 0 Å². The van der Waals surface area contributed by atoms with Crippen molar-refractivity contribution < 1.29 is 0 Å². The normalized spacial score (nSPS) is 11.5. The van der Waals surface area contributed by atoms with Gasteiger partial charge in [-0.25, -0.2) is 0 Å². The van der Waals surface area contributed by atoms with Crippen molar-refractivity contribution in [3.63, 3.8) is 0 Å². The average molecular weight is 310 g/mol. The number of rotatable bonds is 2. The lowest BCUT2D eigenvalue weighted by atomic mass is 10.1. The van der Waals surface area contributed by atoms with E-state index in [1.165, 1.54) is 10.4 Å². The number of aromatic nitrogens is 4. The van der Waals surface area contributed by atoms with Crippen LogP contribution in [-0.2, 0) is 13.5 Å². The summed E-state index contributed by atoms with van der Waals surface area (Å²) < 4.78 is 3.65. The molecule has 0 spiro atoms. The number of aryl methyl sites for hydroxylation is 2. The Kier molecular flexibility index (Phi) is 2.87. The summed E-state index contributed by atoms with van der Waals surface area (Å²) in [5.74, 6) is 0. The minimum atomic E-state index is -0.212. The summed E-state index contributed by atoms with van der Waals surface area (Å²) in [6.45, 7) is 2.06. The van der Waals surface area contributed by atoms with Crippen LogP contribution in [0.15, 0.2) is 41.3 Å². The van der Waals surface area contributed by atoms with E-state index in [0.29, 0.717) is 16.0 Å². The molecule has 0 aliphatic rings. The maximum atomic E-state index is 12.1. The summed E-state index contributed by atoms with van der Waals surface area (Å²) in [4.78, 5) is 18.2. The van der Waals surface area contributed by atoms with Gasteiger partial charge >= 0.3 is 0 Å². The van der Waals surface area contributed by atoms with Gasteiger partial charge in [-0.3, -0.25) is 13.9 Å². The average Bonchev–Trinajstić information content (AvgIpc) is 3.02. The molecule has 0 bridgehead atoms. The van der Waals surface area contributed by atoms with Gasteiger partial charge in [-0.15, -0.1) is 11.3 Å². The summed E-state index contributed by atoms with van der Waals surface area (Å²) in [6, 6.07) is 10.3. The van der Waals surface area contributed by atoms with Gasteiger partial charge in [0.05, 0.1) is 0 Å². The van der Waals surface area contributed by atoms with Crippen molar-refractivity contribution in [2.75, 3.05) is 0 Å². The third-order valence-electron chi connectivity index (χ3n) is 3.80. The Morgan fingerprint density at radius 1 is 1.23 bits per heavy atom. The van der Waals surface area contributed by atoms with Gasteiger partial charge in [0.2, 0.25) is 0 Å². The van der Waals surface area contributed by atoms with Crippen LogP contribution >= 0.6 is 11.3 Å². The predicted molar refractivity (Wildman–Crippen MR) is 87.6 cm³/mol. The third-order valence-corrected chi connectivity index (χ3v) is 4.94. The molecule has 0 unspecified atom stereocenters. The molecule has 22 heavy (non-hydrogen) atoms. The second kappa shape index (κ2) is 4.78. The minimum Gasteiger partial charge on any atom is -0.273 e. The van der Waals surface area contributed by atoms with Crippen molar-refractivity contribution in [1.29, 1.82) is 0 Å². The molecule has 0 aliphatic heterocycles. The largest absolute Gasteiger partial charge is 0.285 e. The summed E-state index contributed by atoms with van der Waals surface area (Å²) in [6.07, 6.45) is 2.56. The van der Waals surface area contributed by atoms with Crippen LogP contribution in [0, 0.1) is 6.92 Å². The highest BCUT2D eigenvalue weighted by Gasteiger charge is 2.16. The van der Waals surface area contributed by atoms with Gasteiger partial charge in [-0.2, -0.15) is 10.1 Å². The van der Waals surface area contributed by atoms with Gasteiger partial charge in [-0.05, 0) is 12.5 Å². The first-order valence-corrected chi connectivity index (χ1v) is 7.83. The number of hydrogen-bond acceptors (Lipinski definition) is 4. The molecule has 0 amide bonds. The van der Waals surface area contributed by atoms with E-state index in [4.69, 9.17) is 0 Å². The van der Waals surface area contributed by atoms with Crippen molar-refractivity contribution in [2.24, 2.45) is 7.05 Å². The van der Waals surface area contributed by atoms with Gasteiger partial charge in [0.15, 0.2) is 10.6 Å². The first-order valence-electron chi connectivity index (χ1n) is 7.02. The summed E-state index contributed by atoms with van der Waals surface area (Å²) >= 11 is 1.56. The van der Waals surface area contributed by atoms with Crippen LogP contribution in [0.25, 0.3) is 16.0 Å². The Balaban J connectivity index is 1.97. The zero-order valence-corrected chi connectivity index (χ0v) is 13.1. The van der Waals surface area contributed by atoms with E-state index in [1.54, 1.807) is 22.2 Å². The predicted octanol–water partition coefficient (Wildman–Crippen LogP) is 2.54. The van der Waals surface area contributed by atoms with E-state index < -0.39 is 0 Å². The van der Waals surface area contributed by atoms with E-state index in [2.05, 4.69) is 29.1 Å². The van der Waals surface area contributed by atoms with Crippen LogP contribution in [0.5, 0.6) is 0 Å². The zero-order valence-electron chi connectivity index (χ0n) is 12.3. The molecule has 3 aromatic heterocycles. The molecule has 1 aromatic carbocycles. The summed E-state index contributed by atoms with van der Waals surface area (Å²) in [5, 5.41) is 4.99. The number of fused-ring (bicyclic) bond motifs is 3. The lowest BCUT2D eigenvalue weighted by Crippen LogP contribution is -2.08. The fourth-order valence-electron chi connectivity index (χ4n) is 2.71. The zero-order chi connectivity index (χ0) is 15.3. The molecule has 0 fully saturated rings. The Morgan fingerprint density at radius 2 is 2.00 bits per heavy atom. The quantitative estimate of drug-likeness (QED) is 0.572. The number of nitrogens with zero attached hydrogens (tertiary/aromatic N) is 4. The van der Waals surface area contributed by atoms with E-state index in [0.717, 1.165) is 12.1 Å². The van der Waals surface area contributed by atoms with Crippen LogP contribution < -0.4 is 5.56 Å². The Bertz CT molecular complexity index is 1040. The Hall–Kier alpha value is -2.47. The van der Waals surface area contributed by atoms with Crippen LogP contribution in [0.2, 0.25) is 0 Å². The van der Waals surface area contributed by atoms with Crippen molar-refractivity contribution in [3.05, 3.63) is 63.0 Å². The SMILES string of the molecule is Cc1c(Cc2ccccc2)sc2nc(=O)c3cn(C)nc3n12. The second-order valence-electron chi connectivity index (χ2n) is 5.35. The molecule has 0 atom stereocenters. The smallest absolute Gasteiger partial charge is 0.273 e. The monoisotopic (exact) mass is 310 g/mol. The van der Waals surface area contributed by atoms with Crippen molar-refractivity contribution in [1.82, 2.24) is 19.2 Å². The molecule has 110 valence electrons. The minimum absolute atomic E-state index is 0.212. The van der Waals surface area contributed by atoms with Gasteiger partial charge in [-0.1, -0.05) is 30.3 Å². The lowest BCUT2D eigenvalue weighted by molar-refractivity contribution is 0.772. The van der Waals surface area contributed by atoms with Crippen molar-refractivity contribution in [2.45, 2.75) is 13.3 Å². The fourth-order valence-corrected chi connectivity index (χ4v) is 3.85. The van der Waals surface area contributed by atoms with Gasteiger partial charge in [0.1, 0.15) is 5.39 Å². The lowest BCUT2D eigenvalue weighted by Gasteiger charge is -2.00. The standard InChI is InChI=1S/C16H14N4OS/c1-10-13(8-11-6-4-3-5-7-11)22-16-17-15(21)12-9-19(2)18-14(12)20(10)16/h3-7,9H,8H2,1-2H3. The molecule has 0 radical (unpaired) electrons. The number of thiazole rings is 1. The molecule has 3 heterocycles. The van der Waals surface area contributed by atoms with E-state index in [1.807, 2.05) is 29.6 Å². The second-order valence-corrected chi connectivity index (χ2v) is 6.41. The van der Waals surface area contributed by atoms with E-state index >= 15 is 0 Å². The Labute approximate surface area is 130 Å². The molecule has 0 aliphatic carbocycles. The third kappa shape index (κ3) is 1.95. The topological polar surface area (TPSA) is 52.2 Å². The van der Waals surface area contributed by atoms with Gasteiger partial charge in [0, 0.05) is 30.2 Å². The van der Waals surface area contributed by atoms with E-state index in [-0.39, 0.29) is 5.56 Å². The van der Waals surface area contributed by atoms with Crippen LogP contribution in [0.4, 0.5) is 0 Å². The molecular formula is C16H14N4OS. The highest BCUT2D eigenvalue weighted by molar-refractivity contribution is 7.17. The van der Waals surface area contributed by atoms with Crippen LogP contribution in [-0.4, -0.2) is 19.2 Å². The van der Waals surface area contributed by atoms with E-state index in [9.17, 15) is 4.79 Å². The van der Waals surface area contributed by atoms with Crippen molar-refractivity contribution >= 4 is 27.3 Å². The van der Waals surface area contributed by atoms with Crippen LogP contribution in [0.1, 0.15) is 16.1 Å². The maximum absolute atomic E-state index is 12.1.